The average molecular weight is 274 g/mol. The van der Waals surface area contributed by atoms with Crippen molar-refractivity contribution in [2.24, 2.45) is 0 Å². The number of rotatable bonds is 3. The molecule has 0 aliphatic carbocycles. The summed E-state index contributed by atoms with van der Waals surface area (Å²) in [6, 6.07) is 5.31. The molecule has 0 saturated heterocycles. The zero-order valence-electron chi connectivity index (χ0n) is 7.91. The van der Waals surface area contributed by atoms with E-state index >= 15 is 0 Å². The van der Waals surface area contributed by atoms with Crippen molar-refractivity contribution in [2.45, 2.75) is 10.6 Å². The first-order chi connectivity index (χ1) is 6.68. The SMILES string of the molecule is CS(=O)(=O)c1ccc(CS(=O)(=O)O)cc1.[NaH]. The van der Waals surface area contributed by atoms with E-state index in [2.05, 4.69) is 0 Å². The average Bonchev–Trinajstić information content (AvgIpc) is 2.00. The van der Waals surface area contributed by atoms with Gasteiger partial charge in [-0.25, -0.2) is 8.42 Å². The van der Waals surface area contributed by atoms with Crippen LogP contribution in [0.4, 0.5) is 0 Å². The zero-order valence-corrected chi connectivity index (χ0v) is 9.55. The van der Waals surface area contributed by atoms with Crippen molar-refractivity contribution in [3.05, 3.63) is 29.8 Å². The molecule has 0 bridgehead atoms. The minimum absolute atomic E-state index is 0. The molecule has 0 saturated carbocycles. The second-order valence-corrected chi connectivity index (χ2v) is 6.61. The van der Waals surface area contributed by atoms with Crippen molar-refractivity contribution in [1.29, 1.82) is 0 Å². The van der Waals surface area contributed by atoms with Gasteiger partial charge in [-0.1, -0.05) is 12.1 Å². The molecule has 0 unspecified atom stereocenters. The number of sulfone groups is 1. The monoisotopic (exact) mass is 274 g/mol. The topological polar surface area (TPSA) is 88.5 Å². The Morgan fingerprint density at radius 1 is 1.06 bits per heavy atom. The van der Waals surface area contributed by atoms with Gasteiger partial charge in [-0.3, -0.25) is 4.55 Å². The van der Waals surface area contributed by atoms with Crippen molar-refractivity contribution in [3.8, 4) is 0 Å². The van der Waals surface area contributed by atoms with Gasteiger partial charge in [0.1, 0.15) is 5.75 Å². The molecule has 0 heterocycles. The van der Waals surface area contributed by atoms with Crippen LogP contribution in [-0.2, 0) is 25.7 Å². The molecule has 8 heteroatoms. The first-order valence-electron chi connectivity index (χ1n) is 3.93. The van der Waals surface area contributed by atoms with Crippen molar-refractivity contribution in [1.82, 2.24) is 0 Å². The summed E-state index contributed by atoms with van der Waals surface area (Å²) in [6.45, 7) is 0. The summed E-state index contributed by atoms with van der Waals surface area (Å²) >= 11 is 0. The molecule has 86 valence electrons. The van der Waals surface area contributed by atoms with Gasteiger partial charge in [-0.05, 0) is 17.7 Å². The van der Waals surface area contributed by atoms with Crippen LogP contribution in [0.1, 0.15) is 5.56 Å². The predicted molar refractivity (Wildman–Crippen MR) is 62.0 cm³/mol. The normalized spacial score (nSPS) is 11.9. The molecule has 0 fully saturated rings. The quantitative estimate of drug-likeness (QED) is 0.610. The molecule has 0 radical (unpaired) electrons. The summed E-state index contributed by atoms with van der Waals surface area (Å²) in [6.07, 6.45) is 1.06. The van der Waals surface area contributed by atoms with Gasteiger partial charge in [0.25, 0.3) is 10.1 Å². The molecule has 0 amide bonds. The van der Waals surface area contributed by atoms with E-state index in [1.807, 2.05) is 0 Å². The van der Waals surface area contributed by atoms with Gasteiger partial charge in [0, 0.05) is 6.26 Å². The molecule has 1 N–H and O–H groups in total. The summed E-state index contributed by atoms with van der Waals surface area (Å²) in [5.41, 5.74) is 0.338. The van der Waals surface area contributed by atoms with Crippen molar-refractivity contribution < 1.29 is 21.4 Å². The van der Waals surface area contributed by atoms with Gasteiger partial charge in [0.15, 0.2) is 9.84 Å². The van der Waals surface area contributed by atoms with Crippen LogP contribution >= 0.6 is 0 Å². The Labute approximate surface area is 117 Å². The van der Waals surface area contributed by atoms with Gasteiger partial charge in [-0.2, -0.15) is 8.42 Å². The Morgan fingerprint density at radius 2 is 1.50 bits per heavy atom. The molecule has 5 nitrogen and oxygen atoms in total. The third-order valence-corrected chi connectivity index (χ3v) is 3.53. The standard InChI is InChI=1S/C8H10O5S2.Na.H/c1-14(9,10)8-4-2-7(3-5-8)6-15(11,12)13;;/h2-5H,6H2,1H3,(H,11,12,13);;. The van der Waals surface area contributed by atoms with Crippen LogP contribution < -0.4 is 0 Å². The second-order valence-electron chi connectivity index (χ2n) is 3.14. The maximum atomic E-state index is 11.1. The summed E-state index contributed by atoms with van der Waals surface area (Å²) in [5.74, 6) is -0.517. The fraction of sp³-hybridized carbons (Fsp3) is 0.250. The first kappa shape index (κ1) is 16.1. The van der Waals surface area contributed by atoms with Gasteiger partial charge in [0.05, 0.1) is 4.90 Å². The van der Waals surface area contributed by atoms with Gasteiger partial charge in [0.2, 0.25) is 0 Å². The minimum atomic E-state index is -4.07. The van der Waals surface area contributed by atoms with E-state index in [9.17, 15) is 16.8 Å². The summed E-state index contributed by atoms with van der Waals surface area (Å²) in [4.78, 5) is 0.113. The third-order valence-electron chi connectivity index (χ3n) is 1.70. The van der Waals surface area contributed by atoms with Crippen LogP contribution in [0.25, 0.3) is 0 Å². The number of benzene rings is 1. The summed E-state index contributed by atoms with van der Waals surface area (Å²) in [5, 5.41) is 0. The maximum absolute atomic E-state index is 11.1. The van der Waals surface area contributed by atoms with Gasteiger partial charge < -0.3 is 0 Å². The Balaban J connectivity index is 0.00000225. The molecule has 0 spiro atoms. The van der Waals surface area contributed by atoms with Crippen LogP contribution in [0.3, 0.4) is 0 Å². The van der Waals surface area contributed by atoms with Crippen LogP contribution in [0.15, 0.2) is 29.2 Å². The van der Waals surface area contributed by atoms with Crippen LogP contribution in [0.2, 0.25) is 0 Å². The Morgan fingerprint density at radius 3 is 1.81 bits per heavy atom. The predicted octanol–water partition coefficient (Wildman–Crippen LogP) is -0.171. The number of hydrogen-bond donors (Lipinski definition) is 1. The van der Waals surface area contributed by atoms with Crippen LogP contribution in [0.5, 0.6) is 0 Å². The van der Waals surface area contributed by atoms with Gasteiger partial charge in [-0.15, -0.1) is 0 Å². The molecular weight excluding hydrogens is 263 g/mol. The van der Waals surface area contributed by atoms with E-state index in [-0.39, 0.29) is 34.5 Å². The van der Waals surface area contributed by atoms with Crippen LogP contribution in [-0.4, -0.2) is 57.2 Å². The molecule has 0 atom stereocenters. The van der Waals surface area contributed by atoms with E-state index in [0.717, 1.165) is 6.26 Å². The van der Waals surface area contributed by atoms with Crippen molar-refractivity contribution >= 4 is 49.5 Å². The molecular formula is C8H11NaO5S2. The third kappa shape index (κ3) is 5.42. The van der Waals surface area contributed by atoms with Gasteiger partial charge >= 0.3 is 29.6 Å². The Kier molecular flexibility index (Phi) is 5.64. The fourth-order valence-corrected chi connectivity index (χ4v) is 2.29. The molecule has 0 aromatic heterocycles. The Bertz CT molecular complexity index is 545. The first-order valence-corrected chi connectivity index (χ1v) is 7.43. The molecule has 1 aromatic carbocycles. The molecule has 0 aliphatic heterocycles. The number of hydrogen-bond acceptors (Lipinski definition) is 4. The summed E-state index contributed by atoms with van der Waals surface area (Å²) < 4.78 is 51.7. The van der Waals surface area contributed by atoms with E-state index < -0.39 is 25.7 Å². The van der Waals surface area contributed by atoms with Crippen molar-refractivity contribution in [2.75, 3.05) is 6.26 Å². The van der Waals surface area contributed by atoms with Crippen LogP contribution in [0, 0.1) is 0 Å². The molecule has 1 rings (SSSR count). The fourth-order valence-electron chi connectivity index (χ4n) is 1.04. The zero-order chi connectivity index (χ0) is 11.7. The summed E-state index contributed by atoms with van der Waals surface area (Å²) in [7, 11) is -7.35. The van der Waals surface area contributed by atoms with E-state index in [4.69, 9.17) is 4.55 Å². The molecule has 1 aromatic rings. The molecule has 16 heavy (non-hydrogen) atoms. The van der Waals surface area contributed by atoms with E-state index in [0.29, 0.717) is 5.56 Å². The second kappa shape index (κ2) is 5.61. The molecule has 0 aliphatic rings. The van der Waals surface area contributed by atoms with E-state index in [1.54, 1.807) is 0 Å². The van der Waals surface area contributed by atoms with E-state index in [1.165, 1.54) is 24.3 Å². The Hall–Kier alpha value is 0.0800. The van der Waals surface area contributed by atoms with Crippen molar-refractivity contribution in [3.63, 3.8) is 0 Å².